The molecular formula is C19H23NO3S. The number of thioether (sulfide) groups is 1. The van der Waals surface area contributed by atoms with Gasteiger partial charge in [-0.15, -0.1) is 0 Å². The number of aromatic amines is 1. The van der Waals surface area contributed by atoms with Crippen LogP contribution in [0.2, 0.25) is 0 Å². The Bertz CT molecular complexity index is 694. The molecule has 1 heterocycles. The van der Waals surface area contributed by atoms with Crippen molar-refractivity contribution in [2.45, 2.75) is 26.5 Å². The van der Waals surface area contributed by atoms with Gasteiger partial charge in [0.15, 0.2) is 6.61 Å². The Labute approximate surface area is 147 Å². The maximum absolute atomic E-state index is 12.1. The molecule has 0 radical (unpaired) electrons. The molecule has 4 nitrogen and oxygen atoms in total. The second kappa shape index (κ2) is 8.73. The number of hydrogen-bond donors (Lipinski definition) is 1. The first-order valence-corrected chi connectivity index (χ1v) is 9.10. The molecule has 128 valence electrons. The zero-order valence-electron chi connectivity index (χ0n) is 14.3. The molecule has 0 amide bonds. The van der Waals surface area contributed by atoms with Crippen LogP contribution in [-0.2, 0) is 15.3 Å². The third-order valence-corrected chi connectivity index (χ3v) is 4.95. The zero-order valence-corrected chi connectivity index (χ0v) is 15.1. The van der Waals surface area contributed by atoms with Gasteiger partial charge in [0.2, 0.25) is 5.78 Å². The summed E-state index contributed by atoms with van der Waals surface area (Å²) in [6.07, 6.45) is 0. The fraction of sp³-hybridized carbons (Fsp3) is 0.368. The van der Waals surface area contributed by atoms with Crippen LogP contribution in [0, 0.1) is 19.8 Å². The Morgan fingerprint density at radius 1 is 1.21 bits per heavy atom. The van der Waals surface area contributed by atoms with E-state index in [1.54, 1.807) is 17.8 Å². The topological polar surface area (TPSA) is 59.2 Å². The third kappa shape index (κ3) is 5.27. The molecule has 0 spiro atoms. The van der Waals surface area contributed by atoms with Crippen molar-refractivity contribution in [1.29, 1.82) is 0 Å². The highest BCUT2D eigenvalue weighted by atomic mass is 32.2. The van der Waals surface area contributed by atoms with E-state index in [1.807, 2.05) is 39.0 Å². The average Bonchev–Trinajstić information content (AvgIpc) is 2.91. The van der Waals surface area contributed by atoms with E-state index in [9.17, 15) is 9.59 Å². The van der Waals surface area contributed by atoms with Crippen molar-refractivity contribution in [3.8, 4) is 0 Å². The molecule has 2 aromatic rings. The summed E-state index contributed by atoms with van der Waals surface area (Å²) >= 11 is 1.69. The molecule has 1 aromatic heterocycles. The van der Waals surface area contributed by atoms with E-state index < -0.39 is 0 Å². The molecule has 0 saturated carbocycles. The van der Waals surface area contributed by atoms with Crippen LogP contribution in [0.5, 0.6) is 0 Å². The number of nitrogens with one attached hydrogen (secondary N) is 1. The van der Waals surface area contributed by atoms with Gasteiger partial charge in [0.05, 0.1) is 5.92 Å². The number of ether oxygens (including phenoxy) is 1. The monoisotopic (exact) mass is 345 g/mol. The summed E-state index contributed by atoms with van der Waals surface area (Å²) in [6, 6.07) is 11.9. The Hall–Kier alpha value is -2.01. The maximum atomic E-state index is 12.1. The highest BCUT2D eigenvalue weighted by Gasteiger charge is 2.18. The Morgan fingerprint density at radius 3 is 2.54 bits per heavy atom. The van der Waals surface area contributed by atoms with Crippen molar-refractivity contribution < 1.29 is 14.3 Å². The molecule has 0 saturated heterocycles. The fourth-order valence-corrected chi connectivity index (χ4v) is 3.40. The summed E-state index contributed by atoms with van der Waals surface area (Å²) in [6.45, 7) is 5.36. The molecule has 0 aliphatic carbocycles. The Kier molecular flexibility index (Phi) is 6.67. The van der Waals surface area contributed by atoms with Crippen LogP contribution >= 0.6 is 11.8 Å². The minimum absolute atomic E-state index is 0.172. The zero-order chi connectivity index (χ0) is 17.5. The Balaban J connectivity index is 1.73. The summed E-state index contributed by atoms with van der Waals surface area (Å²) in [7, 11) is 0. The highest BCUT2D eigenvalue weighted by Crippen LogP contribution is 2.16. The number of hydrogen-bond acceptors (Lipinski definition) is 4. The first kappa shape index (κ1) is 18.3. The SMILES string of the molecule is Cc1cc(C(=O)COC(=O)[C@H](C)CSCc2ccccc2)c(C)[nH]1. The number of H-pyrrole nitrogens is 1. The minimum atomic E-state index is -0.325. The maximum Gasteiger partial charge on any atom is 0.309 e. The number of carbonyl (C=O) groups excluding carboxylic acids is 2. The van der Waals surface area contributed by atoms with E-state index in [1.165, 1.54) is 5.56 Å². The summed E-state index contributed by atoms with van der Waals surface area (Å²) in [5, 5.41) is 0. The van der Waals surface area contributed by atoms with Crippen LogP contribution in [-0.4, -0.2) is 29.1 Å². The predicted octanol–water partition coefficient (Wildman–Crippen LogP) is 3.93. The van der Waals surface area contributed by atoms with E-state index in [0.717, 1.165) is 17.1 Å². The molecule has 5 heteroatoms. The van der Waals surface area contributed by atoms with E-state index in [2.05, 4.69) is 17.1 Å². The normalized spacial score (nSPS) is 12.0. The van der Waals surface area contributed by atoms with Gasteiger partial charge in [0, 0.05) is 28.5 Å². The van der Waals surface area contributed by atoms with Crippen molar-refractivity contribution in [2.75, 3.05) is 12.4 Å². The highest BCUT2D eigenvalue weighted by molar-refractivity contribution is 7.98. The largest absolute Gasteiger partial charge is 0.457 e. The van der Waals surface area contributed by atoms with Crippen molar-refractivity contribution >= 4 is 23.5 Å². The number of benzene rings is 1. The third-order valence-electron chi connectivity index (χ3n) is 3.68. The number of ketones is 1. The van der Waals surface area contributed by atoms with Gasteiger partial charge < -0.3 is 9.72 Å². The van der Waals surface area contributed by atoms with Gasteiger partial charge in [-0.1, -0.05) is 37.3 Å². The van der Waals surface area contributed by atoms with E-state index in [-0.39, 0.29) is 24.3 Å². The van der Waals surface area contributed by atoms with Gasteiger partial charge in [-0.2, -0.15) is 11.8 Å². The van der Waals surface area contributed by atoms with Crippen LogP contribution in [0.25, 0.3) is 0 Å². The van der Waals surface area contributed by atoms with E-state index in [4.69, 9.17) is 4.74 Å². The second-order valence-electron chi connectivity index (χ2n) is 5.92. The number of rotatable bonds is 8. The van der Waals surface area contributed by atoms with Crippen molar-refractivity contribution in [2.24, 2.45) is 5.92 Å². The summed E-state index contributed by atoms with van der Waals surface area (Å²) in [5.41, 5.74) is 3.55. The lowest BCUT2D eigenvalue weighted by Crippen LogP contribution is -2.21. The molecule has 0 aliphatic heterocycles. The standard InChI is InChI=1S/C19H23NO3S/c1-13(11-24-12-16-7-5-4-6-8-16)19(22)23-10-18(21)17-9-14(2)20-15(17)3/h4-9,13,20H,10-12H2,1-3H3/t13-/m1/s1. The quantitative estimate of drug-likeness (QED) is 0.582. The van der Waals surface area contributed by atoms with Gasteiger partial charge in [-0.3, -0.25) is 9.59 Å². The van der Waals surface area contributed by atoms with Gasteiger partial charge in [-0.05, 0) is 25.5 Å². The molecule has 1 aromatic carbocycles. The number of carbonyl (C=O) groups is 2. The lowest BCUT2D eigenvalue weighted by molar-refractivity contribution is -0.145. The van der Waals surface area contributed by atoms with Crippen molar-refractivity contribution in [3.63, 3.8) is 0 Å². The number of aromatic nitrogens is 1. The summed E-state index contributed by atoms with van der Waals surface area (Å²) in [5.74, 6) is 0.799. The van der Waals surface area contributed by atoms with E-state index >= 15 is 0 Å². The van der Waals surface area contributed by atoms with E-state index in [0.29, 0.717) is 11.3 Å². The molecule has 1 atom stereocenters. The lowest BCUT2D eigenvalue weighted by atomic mass is 10.1. The van der Waals surface area contributed by atoms with Crippen molar-refractivity contribution in [3.05, 3.63) is 58.9 Å². The van der Waals surface area contributed by atoms with Gasteiger partial charge in [-0.25, -0.2) is 0 Å². The number of esters is 1. The molecule has 0 bridgehead atoms. The van der Waals surface area contributed by atoms with Gasteiger partial charge >= 0.3 is 5.97 Å². The molecule has 1 N–H and O–H groups in total. The first-order valence-electron chi connectivity index (χ1n) is 7.95. The molecule has 24 heavy (non-hydrogen) atoms. The molecular weight excluding hydrogens is 322 g/mol. The minimum Gasteiger partial charge on any atom is -0.457 e. The molecule has 0 unspecified atom stereocenters. The smallest absolute Gasteiger partial charge is 0.309 e. The van der Waals surface area contributed by atoms with Crippen LogP contribution in [0.3, 0.4) is 0 Å². The van der Waals surface area contributed by atoms with Crippen LogP contribution < -0.4 is 0 Å². The van der Waals surface area contributed by atoms with Crippen LogP contribution in [0.1, 0.15) is 34.2 Å². The van der Waals surface area contributed by atoms with Crippen LogP contribution in [0.15, 0.2) is 36.4 Å². The van der Waals surface area contributed by atoms with Crippen LogP contribution in [0.4, 0.5) is 0 Å². The van der Waals surface area contributed by atoms with Gasteiger partial charge in [0.1, 0.15) is 0 Å². The molecule has 0 aliphatic rings. The fourth-order valence-electron chi connectivity index (χ4n) is 2.37. The predicted molar refractivity (Wildman–Crippen MR) is 97.3 cm³/mol. The first-order chi connectivity index (χ1) is 11.5. The average molecular weight is 345 g/mol. The molecule has 2 rings (SSSR count). The lowest BCUT2D eigenvalue weighted by Gasteiger charge is -2.11. The molecule has 0 fully saturated rings. The Morgan fingerprint density at radius 2 is 1.92 bits per heavy atom. The van der Waals surface area contributed by atoms with Gasteiger partial charge in [0.25, 0.3) is 0 Å². The number of aryl methyl sites for hydroxylation is 2. The summed E-state index contributed by atoms with van der Waals surface area (Å²) in [4.78, 5) is 27.2. The second-order valence-corrected chi connectivity index (χ2v) is 6.95. The van der Waals surface area contributed by atoms with Crippen molar-refractivity contribution in [1.82, 2.24) is 4.98 Å². The summed E-state index contributed by atoms with van der Waals surface area (Å²) < 4.78 is 5.17. The number of Topliss-reactive ketones (excluding diaryl/α,β-unsaturated/α-hetero) is 1.